The van der Waals surface area contributed by atoms with Crippen molar-refractivity contribution in [2.75, 3.05) is 5.32 Å². The van der Waals surface area contributed by atoms with Crippen LogP contribution in [-0.2, 0) is 14.8 Å². The number of rotatable bonds is 5. The second-order valence-electron chi connectivity index (χ2n) is 4.44. The first kappa shape index (κ1) is 15.6. The number of amides is 1. The SMILES string of the molecule is CCC(C)[C@H](N)C(=O)Nc1ccccc1S(N)(=O)=O. The molecule has 19 heavy (non-hydrogen) atoms. The predicted molar refractivity (Wildman–Crippen MR) is 73.9 cm³/mol. The van der Waals surface area contributed by atoms with Crippen molar-refractivity contribution >= 4 is 21.6 Å². The lowest BCUT2D eigenvalue weighted by Crippen LogP contribution is -2.40. The third-order valence-electron chi connectivity index (χ3n) is 3.01. The van der Waals surface area contributed by atoms with Crippen LogP contribution >= 0.6 is 0 Å². The first-order valence-electron chi connectivity index (χ1n) is 5.95. The second kappa shape index (κ2) is 6.14. The summed E-state index contributed by atoms with van der Waals surface area (Å²) < 4.78 is 22.8. The maximum Gasteiger partial charge on any atom is 0.241 e. The van der Waals surface area contributed by atoms with Crippen LogP contribution in [0.5, 0.6) is 0 Å². The smallest absolute Gasteiger partial charge is 0.241 e. The van der Waals surface area contributed by atoms with E-state index in [1.54, 1.807) is 6.07 Å². The van der Waals surface area contributed by atoms with Crippen molar-refractivity contribution < 1.29 is 13.2 Å². The molecular formula is C12H19N3O3S. The molecule has 1 amide bonds. The molecule has 5 N–H and O–H groups in total. The number of primary sulfonamides is 1. The lowest BCUT2D eigenvalue weighted by molar-refractivity contribution is -0.118. The van der Waals surface area contributed by atoms with E-state index in [-0.39, 0.29) is 16.5 Å². The first-order chi connectivity index (χ1) is 8.77. The zero-order valence-corrected chi connectivity index (χ0v) is 11.8. The highest BCUT2D eigenvalue weighted by atomic mass is 32.2. The van der Waals surface area contributed by atoms with Gasteiger partial charge in [-0.3, -0.25) is 4.79 Å². The lowest BCUT2D eigenvalue weighted by Gasteiger charge is -2.18. The van der Waals surface area contributed by atoms with E-state index in [0.717, 1.165) is 6.42 Å². The van der Waals surface area contributed by atoms with Crippen LogP contribution < -0.4 is 16.2 Å². The van der Waals surface area contributed by atoms with Crippen molar-refractivity contribution in [3.8, 4) is 0 Å². The molecule has 0 bridgehead atoms. The Balaban J connectivity index is 2.98. The summed E-state index contributed by atoms with van der Waals surface area (Å²) in [5, 5.41) is 7.59. The number of para-hydroxylation sites is 1. The van der Waals surface area contributed by atoms with E-state index in [2.05, 4.69) is 5.32 Å². The van der Waals surface area contributed by atoms with Crippen LogP contribution in [0.2, 0.25) is 0 Å². The first-order valence-corrected chi connectivity index (χ1v) is 7.50. The molecule has 1 aromatic carbocycles. The van der Waals surface area contributed by atoms with Crippen LogP contribution in [0.15, 0.2) is 29.2 Å². The largest absolute Gasteiger partial charge is 0.324 e. The zero-order chi connectivity index (χ0) is 14.6. The molecule has 0 aliphatic rings. The molecule has 0 saturated heterocycles. The number of nitrogens with two attached hydrogens (primary N) is 2. The summed E-state index contributed by atoms with van der Waals surface area (Å²) in [6.45, 7) is 3.78. The second-order valence-corrected chi connectivity index (χ2v) is 5.97. The highest BCUT2D eigenvalue weighted by Crippen LogP contribution is 2.20. The quantitative estimate of drug-likeness (QED) is 0.736. The predicted octanol–water partition coefficient (Wildman–Crippen LogP) is 0.646. The number of hydrogen-bond donors (Lipinski definition) is 3. The van der Waals surface area contributed by atoms with Crippen molar-refractivity contribution in [1.29, 1.82) is 0 Å². The minimum Gasteiger partial charge on any atom is -0.324 e. The van der Waals surface area contributed by atoms with Gasteiger partial charge in [0.15, 0.2) is 0 Å². The Kier molecular flexibility index (Phi) is 5.04. The summed E-state index contributed by atoms with van der Waals surface area (Å²) in [5.74, 6) is -0.424. The van der Waals surface area contributed by atoms with Crippen molar-refractivity contribution in [2.24, 2.45) is 16.8 Å². The molecule has 0 fully saturated rings. The van der Waals surface area contributed by atoms with Gasteiger partial charge < -0.3 is 11.1 Å². The fraction of sp³-hybridized carbons (Fsp3) is 0.417. The van der Waals surface area contributed by atoms with Crippen molar-refractivity contribution in [3.05, 3.63) is 24.3 Å². The van der Waals surface area contributed by atoms with Crippen LogP contribution in [-0.4, -0.2) is 20.4 Å². The molecule has 0 aromatic heterocycles. The van der Waals surface area contributed by atoms with Crippen LogP contribution in [0.3, 0.4) is 0 Å². The molecule has 2 atom stereocenters. The average Bonchev–Trinajstić information content (AvgIpc) is 2.36. The minimum atomic E-state index is -3.89. The number of benzene rings is 1. The molecule has 0 saturated carbocycles. The van der Waals surface area contributed by atoms with Crippen molar-refractivity contribution in [3.63, 3.8) is 0 Å². The number of nitrogens with one attached hydrogen (secondary N) is 1. The summed E-state index contributed by atoms with van der Waals surface area (Å²) in [5.41, 5.74) is 5.93. The number of hydrogen-bond acceptors (Lipinski definition) is 4. The van der Waals surface area contributed by atoms with E-state index in [4.69, 9.17) is 10.9 Å². The molecule has 0 spiro atoms. The standard InChI is InChI=1S/C12H19N3O3S/c1-3-8(2)11(13)12(16)15-9-6-4-5-7-10(9)19(14,17)18/h4-8,11H,3,13H2,1-2H3,(H,15,16)(H2,14,17,18)/t8?,11-/m0/s1. The third kappa shape index (κ3) is 4.02. The Hall–Kier alpha value is -1.44. The van der Waals surface area contributed by atoms with Gasteiger partial charge >= 0.3 is 0 Å². The maximum atomic E-state index is 11.9. The molecule has 7 heteroatoms. The van der Waals surface area contributed by atoms with Crippen LogP contribution in [0.1, 0.15) is 20.3 Å². The fourth-order valence-corrected chi connectivity index (χ4v) is 2.24. The summed E-state index contributed by atoms with van der Waals surface area (Å²) in [6.07, 6.45) is 0.755. The monoisotopic (exact) mass is 285 g/mol. The normalized spacial score (nSPS) is 14.7. The Morgan fingerprint density at radius 2 is 1.95 bits per heavy atom. The summed E-state index contributed by atoms with van der Waals surface area (Å²) in [7, 11) is -3.89. The summed E-state index contributed by atoms with van der Waals surface area (Å²) in [4.78, 5) is 11.8. The molecule has 0 aliphatic carbocycles. The summed E-state index contributed by atoms with van der Waals surface area (Å²) in [6, 6.07) is 5.25. The number of anilines is 1. The van der Waals surface area contributed by atoms with Gasteiger partial charge in [0.05, 0.1) is 11.7 Å². The van der Waals surface area contributed by atoms with E-state index in [1.165, 1.54) is 18.2 Å². The van der Waals surface area contributed by atoms with Gasteiger partial charge in [0, 0.05) is 0 Å². The van der Waals surface area contributed by atoms with E-state index in [1.807, 2.05) is 13.8 Å². The lowest BCUT2D eigenvalue weighted by atomic mass is 9.99. The Bertz CT molecular complexity index is 557. The van der Waals surface area contributed by atoms with Gasteiger partial charge in [-0.25, -0.2) is 13.6 Å². The average molecular weight is 285 g/mol. The molecule has 106 valence electrons. The number of sulfonamides is 1. The number of carbonyl (C=O) groups excluding carboxylic acids is 1. The third-order valence-corrected chi connectivity index (χ3v) is 3.98. The maximum absolute atomic E-state index is 11.9. The van der Waals surface area contributed by atoms with E-state index < -0.39 is 22.0 Å². The molecule has 1 rings (SSSR count). The van der Waals surface area contributed by atoms with Gasteiger partial charge in [-0.05, 0) is 18.1 Å². The van der Waals surface area contributed by atoms with Crippen LogP contribution in [0.25, 0.3) is 0 Å². The highest BCUT2D eigenvalue weighted by molar-refractivity contribution is 7.89. The molecule has 6 nitrogen and oxygen atoms in total. The zero-order valence-electron chi connectivity index (χ0n) is 11.0. The molecule has 1 aromatic rings. The minimum absolute atomic E-state index is 0.00152. The number of carbonyl (C=O) groups is 1. The highest BCUT2D eigenvalue weighted by Gasteiger charge is 2.22. The Labute approximate surface area is 113 Å². The van der Waals surface area contributed by atoms with Crippen molar-refractivity contribution in [1.82, 2.24) is 0 Å². The topological polar surface area (TPSA) is 115 Å². The van der Waals surface area contributed by atoms with E-state index in [0.29, 0.717) is 0 Å². The van der Waals surface area contributed by atoms with Crippen molar-refractivity contribution in [2.45, 2.75) is 31.2 Å². The molecular weight excluding hydrogens is 266 g/mol. The van der Waals surface area contributed by atoms with E-state index >= 15 is 0 Å². The Morgan fingerprint density at radius 1 is 1.37 bits per heavy atom. The van der Waals surface area contributed by atoms with Gasteiger partial charge in [0.25, 0.3) is 0 Å². The van der Waals surface area contributed by atoms with Crippen LogP contribution in [0, 0.1) is 5.92 Å². The van der Waals surface area contributed by atoms with Gasteiger partial charge in [0.2, 0.25) is 15.9 Å². The van der Waals surface area contributed by atoms with Gasteiger partial charge in [0.1, 0.15) is 4.90 Å². The molecule has 0 radical (unpaired) electrons. The molecule has 0 aliphatic heterocycles. The van der Waals surface area contributed by atoms with E-state index in [9.17, 15) is 13.2 Å². The van der Waals surface area contributed by atoms with Gasteiger partial charge in [-0.1, -0.05) is 32.4 Å². The summed E-state index contributed by atoms with van der Waals surface area (Å²) >= 11 is 0. The van der Waals surface area contributed by atoms with Crippen LogP contribution in [0.4, 0.5) is 5.69 Å². The van der Waals surface area contributed by atoms with Gasteiger partial charge in [-0.2, -0.15) is 0 Å². The molecule has 1 unspecified atom stereocenters. The molecule has 0 heterocycles. The Morgan fingerprint density at radius 3 is 2.47 bits per heavy atom. The fourth-order valence-electron chi connectivity index (χ4n) is 1.55. The van der Waals surface area contributed by atoms with Gasteiger partial charge in [-0.15, -0.1) is 0 Å².